The van der Waals surface area contributed by atoms with Gasteiger partial charge in [0.15, 0.2) is 0 Å². The Kier molecular flexibility index (Phi) is 5.58. The maximum atomic E-state index is 13.0. The largest absolute Gasteiger partial charge is 0.240 e. The molecule has 6 heteroatoms. The lowest BCUT2D eigenvalue weighted by atomic mass is 9.90. The molecule has 3 nitrogen and oxygen atoms in total. The van der Waals surface area contributed by atoms with E-state index in [2.05, 4.69) is 4.72 Å². The molecule has 0 heterocycles. The van der Waals surface area contributed by atoms with E-state index >= 15 is 0 Å². The van der Waals surface area contributed by atoms with Crippen LogP contribution >= 0.6 is 11.6 Å². The van der Waals surface area contributed by atoms with Gasteiger partial charge in [0.1, 0.15) is 5.82 Å². The fourth-order valence-electron chi connectivity index (χ4n) is 1.93. The topological polar surface area (TPSA) is 46.2 Å². The first-order valence-corrected chi connectivity index (χ1v) is 8.33. The van der Waals surface area contributed by atoms with Crippen LogP contribution in [0, 0.1) is 18.2 Å². The van der Waals surface area contributed by atoms with Crippen molar-refractivity contribution in [1.29, 1.82) is 0 Å². The van der Waals surface area contributed by atoms with Crippen LogP contribution in [0.25, 0.3) is 0 Å². The molecular formula is C14H21ClFNO2S. The van der Waals surface area contributed by atoms with Crippen molar-refractivity contribution in [1.82, 2.24) is 4.72 Å². The number of benzene rings is 1. The number of halogens is 2. The third-order valence-corrected chi connectivity index (χ3v) is 4.65. The minimum atomic E-state index is -3.66. The molecular weight excluding hydrogens is 301 g/mol. The van der Waals surface area contributed by atoms with Crippen LogP contribution in [0.2, 0.25) is 0 Å². The highest BCUT2D eigenvalue weighted by Gasteiger charge is 2.21. The summed E-state index contributed by atoms with van der Waals surface area (Å²) < 4.78 is 39.8. The van der Waals surface area contributed by atoms with E-state index in [4.69, 9.17) is 11.6 Å². The van der Waals surface area contributed by atoms with E-state index < -0.39 is 15.8 Å². The fraction of sp³-hybridized carbons (Fsp3) is 0.571. The van der Waals surface area contributed by atoms with Gasteiger partial charge in [0.05, 0.1) is 4.90 Å². The van der Waals surface area contributed by atoms with Gasteiger partial charge in [0.2, 0.25) is 10.0 Å². The summed E-state index contributed by atoms with van der Waals surface area (Å²) >= 11 is 6.14. The number of alkyl halides is 1. The van der Waals surface area contributed by atoms with Crippen LogP contribution in [0.4, 0.5) is 4.39 Å². The van der Waals surface area contributed by atoms with Crippen LogP contribution in [-0.2, 0) is 10.0 Å². The standard InChI is InChI=1S/C14H21ClFNO2S/c1-10-7-12(16)5-6-13(10)20(18,19)17-9-11(15)8-14(2,3)4/h5-7,11,17H,8-9H2,1-4H3. The van der Waals surface area contributed by atoms with E-state index in [1.54, 1.807) is 6.92 Å². The summed E-state index contributed by atoms with van der Waals surface area (Å²) in [7, 11) is -3.66. The summed E-state index contributed by atoms with van der Waals surface area (Å²) in [6, 6.07) is 3.59. The molecule has 0 saturated carbocycles. The fourth-order valence-corrected chi connectivity index (χ4v) is 3.87. The predicted molar refractivity (Wildman–Crippen MR) is 80.0 cm³/mol. The number of hydrogen-bond acceptors (Lipinski definition) is 2. The monoisotopic (exact) mass is 321 g/mol. The van der Waals surface area contributed by atoms with Crippen LogP contribution in [0.5, 0.6) is 0 Å². The number of rotatable bonds is 5. The Labute approximate surface area is 125 Å². The van der Waals surface area contributed by atoms with Crippen molar-refractivity contribution in [3.8, 4) is 0 Å². The smallest absolute Gasteiger partial charge is 0.210 e. The van der Waals surface area contributed by atoms with Crippen molar-refractivity contribution in [3.05, 3.63) is 29.6 Å². The Balaban J connectivity index is 2.76. The summed E-state index contributed by atoms with van der Waals surface area (Å²) in [5.41, 5.74) is 0.406. The van der Waals surface area contributed by atoms with Crippen molar-refractivity contribution in [2.45, 2.75) is 44.4 Å². The second-order valence-corrected chi connectivity index (χ2v) is 8.48. The van der Waals surface area contributed by atoms with Gasteiger partial charge in [-0.2, -0.15) is 0 Å². The molecule has 1 unspecified atom stereocenters. The first kappa shape index (κ1) is 17.4. The molecule has 1 atom stereocenters. The molecule has 1 aromatic rings. The molecule has 0 saturated heterocycles. The SMILES string of the molecule is Cc1cc(F)ccc1S(=O)(=O)NCC(Cl)CC(C)(C)C. The third-order valence-electron chi connectivity index (χ3n) is 2.76. The Morgan fingerprint density at radius 3 is 2.45 bits per heavy atom. The summed E-state index contributed by atoms with van der Waals surface area (Å²) in [6.45, 7) is 7.84. The van der Waals surface area contributed by atoms with Gasteiger partial charge in [-0.25, -0.2) is 17.5 Å². The van der Waals surface area contributed by atoms with Gasteiger partial charge in [0, 0.05) is 11.9 Å². The first-order valence-electron chi connectivity index (χ1n) is 6.41. The molecule has 0 spiro atoms. The zero-order valence-electron chi connectivity index (χ0n) is 12.2. The molecule has 0 fully saturated rings. The predicted octanol–water partition coefficient (Wildman–Crippen LogP) is 3.46. The van der Waals surface area contributed by atoms with Gasteiger partial charge in [-0.1, -0.05) is 20.8 Å². The maximum absolute atomic E-state index is 13.0. The van der Waals surface area contributed by atoms with Crippen molar-refractivity contribution in [3.63, 3.8) is 0 Å². The van der Waals surface area contributed by atoms with E-state index in [0.717, 1.165) is 6.07 Å². The normalized spacial score (nSPS) is 14.3. The lowest BCUT2D eigenvalue weighted by Gasteiger charge is -2.22. The molecule has 0 aromatic heterocycles. The average molecular weight is 322 g/mol. The van der Waals surface area contributed by atoms with E-state index in [0.29, 0.717) is 12.0 Å². The highest BCUT2D eigenvalue weighted by atomic mass is 35.5. The Hall–Kier alpha value is -0.650. The zero-order valence-corrected chi connectivity index (χ0v) is 13.8. The molecule has 0 radical (unpaired) electrons. The van der Waals surface area contributed by atoms with E-state index in [-0.39, 0.29) is 22.2 Å². The Bertz CT molecular complexity index is 567. The molecule has 0 bridgehead atoms. The van der Waals surface area contributed by atoms with Crippen molar-refractivity contribution >= 4 is 21.6 Å². The highest BCUT2D eigenvalue weighted by Crippen LogP contribution is 2.23. The van der Waals surface area contributed by atoms with Gasteiger partial charge in [-0.05, 0) is 42.5 Å². The van der Waals surface area contributed by atoms with Gasteiger partial charge in [-0.15, -0.1) is 11.6 Å². The van der Waals surface area contributed by atoms with Crippen molar-refractivity contribution in [2.24, 2.45) is 5.41 Å². The molecule has 0 aliphatic carbocycles. The average Bonchev–Trinajstić information content (AvgIpc) is 2.23. The van der Waals surface area contributed by atoms with E-state index in [9.17, 15) is 12.8 Å². The lowest BCUT2D eigenvalue weighted by Crippen LogP contribution is -2.32. The number of sulfonamides is 1. The van der Waals surface area contributed by atoms with Crippen LogP contribution in [0.1, 0.15) is 32.8 Å². The lowest BCUT2D eigenvalue weighted by molar-refractivity contribution is 0.369. The number of hydrogen-bond donors (Lipinski definition) is 1. The van der Waals surface area contributed by atoms with Crippen LogP contribution in [-0.4, -0.2) is 20.3 Å². The second kappa shape index (κ2) is 6.41. The van der Waals surface area contributed by atoms with Gasteiger partial charge in [0.25, 0.3) is 0 Å². The third kappa shape index (κ3) is 5.38. The molecule has 1 rings (SSSR count). The molecule has 1 N–H and O–H groups in total. The number of nitrogens with one attached hydrogen (secondary N) is 1. The molecule has 1 aromatic carbocycles. The maximum Gasteiger partial charge on any atom is 0.240 e. The van der Waals surface area contributed by atoms with Crippen molar-refractivity contribution in [2.75, 3.05) is 6.54 Å². The molecule has 0 aliphatic heterocycles. The molecule has 20 heavy (non-hydrogen) atoms. The minimum absolute atomic E-state index is 0.0314. The van der Waals surface area contributed by atoms with Crippen molar-refractivity contribution < 1.29 is 12.8 Å². The van der Waals surface area contributed by atoms with Gasteiger partial charge >= 0.3 is 0 Å². The quantitative estimate of drug-likeness (QED) is 0.844. The first-order chi connectivity index (χ1) is 9.01. The summed E-state index contributed by atoms with van der Waals surface area (Å²) in [6.07, 6.45) is 0.694. The Morgan fingerprint density at radius 2 is 1.95 bits per heavy atom. The van der Waals surface area contributed by atoms with Crippen LogP contribution < -0.4 is 4.72 Å². The highest BCUT2D eigenvalue weighted by molar-refractivity contribution is 7.89. The summed E-state index contributed by atoms with van der Waals surface area (Å²) in [5.74, 6) is -0.454. The second-order valence-electron chi connectivity index (χ2n) is 6.12. The number of aryl methyl sites for hydroxylation is 1. The zero-order chi connectivity index (χ0) is 15.6. The van der Waals surface area contributed by atoms with E-state index in [1.807, 2.05) is 20.8 Å². The van der Waals surface area contributed by atoms with E-state index in [1.165, 1.54) is 12.1 Å². The van der Waals surface area contributed by atoms with Crippen LogP contribution in [0.3, 0.4) is 0 Å². The molecule has 0 amide bonds. The molecule has 114 valence electrons. The Morgan fingerprint density at radius 1 is 1.35 bits per heavy atom. The van der Waals surface area contributed by atoms with Gasteiger partial charge in [-0.3, -0.25) is 0 Å². The molecule has 0 aliphatic rings. The van der Waals surface area contributed by atoms with Crippen LogP contribution in [0.15, 0.2) is 23.1 Å². The minimum Gasteiger partial charge on any atom is -0.210 e. The summed E-state index contributed by atoms with van der Waals surface area (Å²) in [5, 5.41) is -0.287. The summed E-state index contributed by atoms with van der Waals surface area (Å²) in [4.78, 5) is 0.0820. The van der Waals surface area contributed by atoms with Gasteiger partial charge < -0.3 is 0 Å².